The van der Waals surface area contributed by atoms with Crippen molar-refractivity contribution < 1.29 is 4.42 Å². The summed E-state index contributed by atoms with van der Waals surface area (Å²) in [5.41, 5.74) is 3.33. The molecule has 1 N–H and O–H groups in total. The minimum absolute atomic E-state index is 0.456. The van der Waals surface area contributed by atoms with Crippen LogP contribution in [0.4, 0.5) is 0 Å². The Hall–Kier alpha value is -1.61. The van der Waals surface area contributed by atoms with Crippen LogP contribution < -0.4 is 5.32 Å². The van der Waals surface area contributed by atoms with Crippen molar-refractivity contribution in [2.24, 2.45) is 0 Å². The summed E-state index contributed by atoms with van der Waals surface area (Å²) in [5.74, 6) is 1.31. The number of aryl methyl sites for hydroxylation is 1. The second-order valence-corrected chi connectivity index (χ2v) is 4.24. The van der Waals surface area contributed by atoms with E-state index in [4.69, 9.17) is 4.42 Å². The maximum absolute atomic E-state index is 5.53. The fourth-order valence-corrected chi connectivity index (χ4v) is 1.92. The molecule has 2 heterocycles. The van der Waals surface area contributed by atoms with Crippen molar-refractivity contribution in [2.75, 3.05) is 13.1 Å². The van der Waals surface area contributed by atoms with Crippen LogP contribution in [0.15, 0.2) is 34.9 Å². The van der Waals surface area contributed by atoms with Crippen molar-refractivity contribution in [3.05, 3.63) is 42.0 Å². The highest BCUT2D eigenvalue weighted by Crippen LogP contribution is 2.26. The average molecular weight is 214 g/mol. The molecule has 1 saturated heterocycles. The Morgan fingerprint density at radius 2 is 2.12 bits per heavy atom. The molecule has 0 radical (unpaired) electrons. The Labute approximate surface area is 94.5 Å². The molecule has 1 fully saturated rings. The normalized spacial score (nSPS) is 16.1. The van der Waals surface area contributed by atoms with Gasteiger partial charge in [0.25, 0.3) is 0 Å². The van der Waals surface area contributed by atoms with Crippen LogP contribution in [0, 0.1) is 6.92 Å². The van der Waals surface area contributed by atoms with Gasteiger partial charge in [-0.3, -0.25) is 0 Å². The van der Waals surface area contributed by atoms with Crippen LogP contribution in [0.1, 0.15) is 17.4 Å². The monoisotopic (exact) mass is 214 g/mol. The highest BCUT2D eigenvalue weighted by molar-refractivity contribution is 5.62. The first-order valence-electron chi connectivity index (χ1n) is 5.57. The highest BCUT2D eigenvalue weighted by atomic mass is 16.3. The van der Waals surface area contributed by atoms with E-state index in [1.54, 1.807) is 6.26 Å². The number of oxazole rings is 1. The minimum atomic E-state index is 0.456. The molecule has 0 atom stereocenters. The van der Waals surface area contributed by atoms with Gasteiger partial charge in [0, 0.05) is 18.7 Å². The summed E-state index contributed by atoms with van der Waals surface area (Å²) in [6.45, 7) is 4.05. The molecule has 1 aromatic carbocycles. The van der Waals surface area contributed by atoms with Gasteiger partial charge in [-0.15, -0.1) is 0 Å². The van der Waals surface area contributed by atoms with Crippen LogP contribution in [0.25, 0.3) is 11.3 Å². The molecule has 16 heavy (non-hydrogen) atoms. The van der Waals surface area contributed by atoms with E-state index in [0.717, 1.165) is 30.2 Å². The van der Waals surface area contributed by atoms with E-state index in [9.17, 15) is 0 Å². The molecule has 1 aromatic heterocycles. The molecule has 0 spiro atoms. The van der Waals surface area contributed by atoms with Gasteiger partial charge in [-0.2, -0.15) is 0 Å². The first-order chi connectivity index (χ1) is 7.84. The highest BCUT2D eigenvalue weighted by Gasteiger charge is 2.24. The van der Waals surface area contributed by atoms with E-state index in [2.05, 4.69) is 29.4 Å². The lowest BCUT2D eigenvalue weighted by Gasteiger charge is -2.23. The molecule has 2 aromatic rings. The van der Waals surface area contributed by atoms with Crippen molar-refractivity contribution in [3.8, 4) is 11.3 Å². The molecule has 0 aliphatic carbocycles. The van der Waals surface area contributed by atoms with Crippen LogP contribution in [0.2, 0.25) is 0 Å². The maximum Gasteiger partial charge on any atom is 0.200 e. The molecule has 82 valence electrons. The van der Waals surface area contributed by atoms with Crippen molar-refractivity contribution in [2.45, 2.75) is 12.8 Å². The lowest BCUT2D eigenvalue weighted by Crippen LogP contribution is -2.40. The molecule has 0 unspecified atom stereocenters. The lowest BCUT2D eigenvalue weighted by molar-refractivity contribution is 0.357. The maximum atomic E-state index is 5.53. The minimum Gasteiger partial charge on any atom is -0.448 e. The largest absolute Gasteiger partial charge is 0.448 e. The van der Waals surface area contributed by atoms with Gasteiger partial charge >= 0.3 is 0 Å². The fourth-order valence-electron chi connectivity index (χ4n) is 1.92. The van der Waals surface area contributed by atoms with Gasteiger partial charge < -0.3 is 9.73 Å². The second-order valence-electron chi connectivity index (χ2n) is 4.24. The van der Waals surface area contributed by atoms with Gasteiger partial charge in [0.15, 0.2) is 5.89 Å². The van der Waals surface area contributed by atoms with Gasteiger partial charge in [-0.25, -0.2) is 4.98 Å². The van der Waals surface area contributed by atoms with E-state index in [-0.39, 0.29) is 0 Å². The summed E-state index contributed by atoms with van der Waals surface area (Å²) in [4.78, 5) is 4.56. The number of hydrogen-bond donors (Lipinski definition) is 1. The van der Waals surface area contributed by atoms with E-state index >= 15 is 0 Å². The molecule has 0 saturated carbocycles. The SMILES string of the molecule is Cc1ccccc1-c1coc(C2CNC2)n1. The quantitative estimate of drug-likeness (QED) is 0.833. The Bertz CT molecular complexity index is 500. The second kappa shape index (κ2) is 3.76. The summed E-state index contributed by atoms with van der Waals surface area (Å²) in [5, 5.41) is 3.22. The Balaban J connectivity index is 1.95. The van der Waals surface area contributed by atoms with Gasteiger partial charge in [-0.1, -0.05) is 24.3 Å². The van der Waals surface area contributed by atoms with Crippen molar-refractivity contribution in [1.29, 1.82) is 0 Å². The van der Waals surface area contributed by atoms with Crippen LogP contribution in [0.3, 0.4) is 0 Å². The molecular formula is C13H14N2O. The Morgan fingerprint density at radius 3 is 2.81 bits per heavy atom. The molecule has 3 heteroatoms. The third-order valence-electron chi connectivity index (χ3n) is 3.07. The summed E-state index contributed by atoms with van der Waals surface area (Å²) in [6, 6.07) is 8.24. The molecule has 3 nitrogen and oxygen atoms in total. The van der Waals surface area contributed by atoms with Crippen LogP contribution in [-0.4, -0.2) is 18.1 Å². The van der Waals surface area contributed by atoms with Gasteiger partial charge in [0.2, 0.25) is 0 Å². The first-order valence-corrected chi connectivity index (χ1v) is 5.57. The van der Waals surface area contributed by atoms with Crippen molar-refractivity contribution in [3.63, 3.8) is 0 Å². The van der Waals surface area contributed by atoms with E-state index in [0.29, 0.717) is 5.92 Å². The number of nitrogens with one attached hydrogen (secondary N) is 1. The number of aromatic nitrogens is 1. The van der Waals surface area contributed by atoms with Crippen LogP contribution >= 0.6 is 0 Å². The predicted octanol–water partition coefficient (Wildman–Crippen LogP) is 2.34. The topological polar surface area (TPSA) is 38.1 Å². The zero-order valence-electron chi connectivity index (χ0n) is 9.23. The summed E-state index contributed by atoms with van der Waals surface area (Å²) >= 11 is 0. The summed E-state index contributed by atoms with van der Waals surface area (Å²) in [6.07, 6.45) is 1.76. The molecule has 1 aliphatic rings. The van der Waals surface area contributed by atoms with Gasteiger partial charge in [0.05, 0.1) is 5.92 Å². The number of benzene rings is 1. The molecule has 1 aliphatic heterocycles. The van der Waals surface area contributed by atoms with Crippen molar-refractivity contribution >= 4 is 0 Å². The number of nitrogens with zero attached hydrogens (tertiary/aromatic N) is 1. The van der Waals surface area contributed by atoms with E-state index < -0.39 is 0 Å². The molecule has 3 rings (SSSR count). The third kappa shape index (κ3) is 1.53. The van der Waals surface area contributed by atoms with Crippen LogP contribution in [-0.2, 0) is 0 Å². The third-order valence-corrected chi connectivity index (χ3v) is 3.07. The van der Waals surface area contributed by atoms with E-state index in [1.807, 2.05) is 12.1 Å². The Kier molecular flexibility index (Phi) is 2.26. The first kappa shape index (κ1) is 9.60. The number of hydrogen-bond acceptors (Lipinski definition) is 3. The average Bonchev–Trinajstić information content (AvgIpc) is 2.65. The summed E-state index contributed by atoms with van der Waals surface area (Å²) < 4.78 is 5.53. The van der Waals surface area contributed by atoms with E-state index in [1.165, 1.54) is 5.56 Å². The van der Waals surface area contributed by atoms with Gasteiger partial charge in [0.1, 0.15) is 12.0 Å². The molecular weight excluding hydrogens is 200 g/mol. The molecule has 0 bridgehead atoms. The van der Waals surface area contributed by atoms with Crippen LogP contribution in [0.5, 0.6) is 0 Å². The standard InChI is InChI=1S/C13H14N2O/c1-9-4-2-3-5-11(9)12-8-16-13(15-12)10-6-14-7-10/h2-5,8,10,14H,6-7H2,1H3. The Morgan fingerprint density at radius 1 is 1.31 bits per heavy atom. The smallest absolute Gasteiger partial charge is 0.200 e. The van der Waals surface area contributed by atoms with Crippen molar-refractivity contribution in [1.82, 2.24) is 10.3 Å². The zero-order valence-corrected chi connectivity index (χ0v) is 9.23. The number of rotatable bonds is 2. The predicted molar refractivity (Wildman–Crippen MR) is 62.3 cm³/mol. The molecule has 0 amide bonds. The lowest BCUT2D eigenvalue weighted by atomic mass is 10.0. The van der Waals surface area contributed by atoms with Gasteiger partial charge in [-0.05, 0) is 12.5 Å². The fraction of sp³-hybridized carbons (Fsp3) is 0.308. The zero-order chi connectivity index (χ0) is 11.0. The summed E-state index contributed by atoms with van der Waals surface area (Å²) in [7, 11) is 0.